The number of amides is 1. The summed E-state index contributed by atoms with van der Waals surface area (Å²) in [5.41, 5.74) is 6.61. The lowest BCUT2D eigenvalue weighted by Crippen LogP contribution is -2.30. The van der Waals surface area contributed by atoms with E-state index in [0.717, 1.165) is 24.5 Å². The van der Waals surface area contributed by atoms with Gasteiger partial charge in [0.05, 0.1) is 0 Å². The van der Waals surface area contributed by atoms with Crippen molar-refractivity contribution < 1.29 is 9.63 Å². The van der Waals surface area contributed by atoms with Crippen molar-refractivity contribution in [2.45, 2.75) is 19.3 Å². The molecular weight excluding hydrogens is 270 g/mol. The Bertz CT molecular complexity index is 512. The minimum Gasteiger partial charge on any atom is -0.384 e. The van der Waals surface area contributed by atoms with Gasteiger partial charge in [-0.2, -0.15) is 0 Å². The zero-order valence-electron chi connectivity index (χ0n) is 12.2. The summed E-state index contributed by atoms with van der Waals surface area (Å²) in [6.45, 7) is 1.88. The van der Waals surface area contributed by atoms with Crippen molar-refractivity contribution in [1.82, 2.24) is 10.3 Å². The molecule has 0 radical (unpaired) electrons. The van der Waals surface area contributed by atoms with Gasteiger partial charge in [-0.15, -0.1) is 0 Å². The van der Waals surface area contributed by atoms with Crippen LogP contribution in [0, 0.1) is 0 Å². The van der Waals surface area contributed by atoms with E-state index in [9.17, 15) is 4.79 Å². The van der Waals surface area contributed by atoms with Crippen LogP contribution in [0.1, 0.15) is 24.8 Å². The predicted octanol–water partition coefficient (Wildman–Crippen LogP) is 0.455. The number of aromatic nitrogens is 1. The Morgan fingerprint density at radius 3 is 2.95 bits per heavy atom. The minimum absolute atomic E-state index is 0.152. The first-order valence-corrected chi connectivity index (χ1v) is 7.08. The maximum absolute atomic E-state index is 11.0. The van der Waals surface area contributed by atoms with Crippen LogP contribution in [0.2, 0.25) is 0 Å². The summed E-state index contributed by atoms with van der Waals surface area (Å²) in [7, 11) is 1.53. The first-order chi connectivity index (χ1) is 10.2. The van der Waals surface area contributed by atoms with Gasteiger partial charge in [0.2, 0.25) is 0 Å². The molecule has 1 aliphatic rings. The number of nitrogens with one attached hydrogen (secondary N) is 1. The van der Waals surface area contributed by atoms with E-state index >= 15 is 0 Å². The van der Waals surface area contributed by atoms with Gasteiger partial charge in [-0.1, -0.05) is 5.16 Å². The number of anilines is 1. The highest BCUT2D eigenvalue weighted by atomic mass is 16.6. The second-order valence-electron chi connectivity index (χ2n) is 4.87. The molecule has 7 heteroatoms. The lowest BCUT2D eigenvalue weighted by Gasteiger charge is -2.27. The van der Waals surface area contributed by atoms with E-state index in [0.29, 0.717) is 0 Å². The van der Waals surface area contributed by atoms with Gasteiger partial charge in [0.15, 0.2) is 12.4 Å². The van der Waals surface area contributed by atoms with Gasteiger partial charge < -0.3 is 20.8 Å². The van der Waals surface area contributed by atoms with Crippen molar-refractivity contribution in [3.63, 3.8) is 0 Å². The molecule has 1 fully saturated rings. The third-order valence-corrected chi connectivity index (χ3v) is 3.36. The molecule has 7 nitrogen and oxygen atoms in total. The molecule has 21 heavy (non-hydrogen) atoms. The molecule has 0 atom stereocenters. The van der Waals surface area contributed by atoms with E-state index in [1.165, 1.54) is 26.3 Å². The van der Waals surface area contributed by atoms with E-state index < -0.39 is 0 Å². The predicted molar refractivity (Wildman–Crippen MR) is 81.0 cm³/mol. The van der Waals surface area contributed by atoms with Crippen molar-refractivity contribution in [3.05, 3.63) is 23.9 Å². The molecule has 0 saturated carbocycles. The summed E-state index contributed by atoms with van der Waals surface area (Å²) < 4.78 is 0. The van der Waals surface area contributed by atoms with E-state index in [1.54, 1.807) is 12.3 Å². The second kappa shape index (κ2) is 7.47. The van der Waals surface area contributed by atoms with Crippen molar-refractivity contribution >= 4 is 17.6 Å². The number of oxime groups is 1. The first kappa shape index (κ1) is 15.1. The maximum Gasteiger partial charge on any atom is 0.260 e. The zero-order chi connectivity index (χ0) is 15.1. The van der Waals surface area contributed by atoms with E-state index in [-0.39, 0.29) is 18.3 Å². The van der Waals surface area contributed by atoms with E-state index in [4.69, 9.17) is 10.6 Å². The van der Waals surface area contributed by atoms with Crippen LogP contribution in [0.3, 0.4) is 0 Å². The second-order valence-corrected chi connectivity index (χ2v) is 4.87. The average Bonchev–Trinajstić information content (AvgIpc) is 2.55. The molecule has 3 N–H and O–H groups in total. The Morgan fingerprint density at radius 2 is 2.24 bits per heavy atom. The quantitative estimate of drug-likeness (QED) is 0.467. The van der Waals surface area contributed by atoms with Crippen molar-refractivity contribution in [2.75, 3.05) is 31.6 Å². The molecule has 1 amide bonds. The number of likely N-dealkylation sites (N-methyl/N-ethyl adjacent to an activating group) is 1. The molecule has 2 heterocycles. The lowest BCUT2D eigenvalue weighted by atomic mass is 10.1. The Labute approximate surface area is 124 Å². The third-order valence-electron chi connectivity index (χ3n) is 3.36. The Balaban J connectivity index is 2.02. The molecule has 0 spiro atoms. The van der Waals surface area contributed by atoms with Gasteiger partial charge in [0.25, 0.3) is 5.91 Å². The fraction of sp³-hybridized carbons (Fsp3) is 0.500. The average molecular weight is 291 g/mol. The molecule has 2 rings (SSSR count). The van der Waals surface area contributed by atoms with Crippen molar-refractivity contribution in [1.29, 1.82) is 0 Å². The highest BCUT2D eigenvalue weighted by Crippen LogP contribution is 2.18. The van der Waals surface area contributed by atoms with Crippen LogP contribution < -0.4 is 16.0 Å². The number of piperidine rings is 1. The number of pyridine rings is 1. The Morgan fingerprint density at radius 1 is 1.48 bits per heavy atom. The van der Waals surface area contributed by atoms with E-state index in [1.807, 2.05) is 6.07 Å². The summed E-state index contributed by atoms with van der Waals surface area (Å²) in [4.78, 5) is 22.6. The van der Waals surface area contributed by atoms with Gasteiger partial charge in [0, 0.05) is 31.9 Å². The minimum atomic E-state index is -0.254. The molecule has 1 aromatic heterocycles. The normalized spacial score (nSPS) is 15.7. The van der Waals surface area contributed by atoms with Crippen LogP contribution in [0.15, 0.2) is 23.5 Å². The number of amidine groups is 1. The van der Waals surface area contributed by atoms with Gasteiger partial charge in [-0.05, 0) is 31.4 Å². The summed E-state index contributed by atoms with van der Waals surface area (Å²) in [5, 5.41) is 6.20. The highest BCUT2D eigenvalue weighted by Gasteiger charge is 2.13. The molecule has 114 valence electrons. The van der Waals surface area contributed by atoms with Crippen LogP contribution in [-0.4, -0.2) is 43.5 Å². The molecule has 0 bridgehead atoms. The molecule has 1 saturated heterocycles. The van der Waals surface area contributed by atoms with Gasteiger partial charge in [-0.3, -0.25) is 4.79 Å². The number of hydrogen-bond acceptors (Lipinski definition) is 5. The number of carbonyl (C=O) groups excluding carboxylic acids is 1. The highest BCUT2D eigenvalue weighted by molar-refractivity contribution is 5.97. The Hall–Kier alpha value is -2.31. The monoisotopic (exact) mass is 291 g/mol. The SMILES string of the molecule is CNC(=O)CO/N=C(\N)c1ccnc(N2CCCCC2)c1. The largest absolute Gasteiger partial charge is 0.384 e. The number of rotatable bonds is 5. The Kier molecular flexibility index (Phi) is 5.36. The topological polar surface area (TPSA) is 92.8 Å². The van der Waals surface area contributed by atoms with Crippen LogP contribution in [0.4, 0.5) is 5.82 Å². The molecular formula is C14H21N5O2. The van der Waals surface area contributed by atoms with Crippen LogP contribution in [-0.2, 0) is 9.63 Å². The number of nitrogens with zero attached hydrogens (tertiary/aromatic N) is 3. The molecule has 0 aromatic carbocycles. The fourth-order valence-corrected chi connectivity index (χ4v) is 2.16. The summed E-state index contributed by atoms with van der Waals surface area (Å²) in [5.74, 6) is 0.881. The molecule has 1 aromatic rings. The molecule has 0 unspecified atom stereocenters. The van der Waals surface area contributed by atoms with Crippen molar-refractivity contribution in [3.8, 4) is 0 Å². The third kappa shape index (κ3) is 4.34. The molecule has 1 aliphatic heterocycles. The maximum atomic E-state index is 11.0. The van der Waals surface area contributed by atoms with Gasteiger partial charge in [-0.25, -0.2) is 4.98 Å². The first-order valence-electron chi connectivity index (χ1n) is 7.08. The lowest BCUT2D eigenvalue weighted by molar-refractivity contribution is -0.125. The smallest absolute Gasteiger partial charge is 0.260 e. The number of carbonyl (C=O) groups is 1. The van der Waals surface area contributed by atoms with Gasteiger partial charge >= 0.3 is 0 Å². The van der Waals surface area contributed by atoms with Crippen LogP contribution in [0.25, 0.3) is 0 Å². The van der Waals surface area contributed by atoms with Gasteiger partial charge in [0.1, 0.15) is 5.82 Å². The summed E-state index contributed by atoms with van der Waals surface area (Å²) in [6.07, 6.45) is 5.35. The van der Waals surface area contributed by atoms with Crippen molar-refractivity contribution in [2.24, 2.45) is 10.9 Å². The summed E-state index contributed by atoms with van der Waals surface area (Å²) in [6, 6.07) is 3.67. The van der Waals surface area contributed by atoms with Crippen LogP contribution in [0.5, 0.6) is 0 Å². The zero-order valence-corrected chi connectivity index (χ0v) is 12.2. The van der Waals surface area contributed by atoms with E-state index in [2.05, 4.69) is 20.4 Å². The number of hydrogen-bond donors (Lipinski definition) is 2. The van der Waals surface area contributed by atoms with Crippen LogP contribution >= 0.6 is 0 Å². The number of nitrogens with two attached hydrogens (primary N) is 1. The standard InChI is InChI=1S/C14H21N5O2/c1-16-13(20)10-21-18-14(15)11-5-6-17-12(9-11)19-7-3-2-4-8-19/h5-6,9H,2-4,7-8,10H2,1H3,(H2,15,18)(H,16,20). The fourth-order valence-electron chi connectivity index (χ4n) is 2.16. The molecule has 0 aliphatic carbocycles. The summed E-state index contributed by atoms with van der Waals surface area (Å²) >= 11 is 0.